The highest BCUT2D eigenvalue weighted by Gasteiger charge is 2.39. The van der Waals surface area contributed by atoms with Crippen molar-refractivity contribution >= 4 is 23.9 Å². The first-order valence-corrected chi connectivity index (χ1v) is 35.2. The van der Waals surface area contributed by atoms with Crippen LogP contribution in [-0.2, 0) is 38.1 Å². The summed E-state index contributed by atoms with van der Waals surface area (Å²) in [6.07, 6.45) is 54.5. The Labute approximate surface area is 493 Å². The molecule has 1 aliphatic heterocycles. The number of piperazine rings is 1. The molecule has 0 bridgehead atoms. The zero-order chi connectivity index (χ0) is 57.1. The Bertz CT molecular complexity index is 1420. The van der Waals surface area contributed by atoms with Crippen LogP contribution in [0, 0.1) is 40.9 Å². The van der Waals surface area contributed by atoms with Crippen molar-refractivity contribution in [3.8, 4) is 0 Å². The van der Waals surface area contributed by atoms with E-state index in [1.54, 1.807) is 0 Å². The van der Waals surface area contributed by atoms with Crippen LogP contribution in [0.1, 0.15) is 316 Å². The van der Waals surface area contributed by atoms with Gasteiger partial charge >= 0.3 is 23.9 Å². The SMILES string of the molecule is CCCCCCCCC1CC1CCCCCCCC(=O)OCC(COC(=O)CCCCCCCC1CC1CCCCCCCC)(COC(=O)CCCCCCCC1CC1CCCCCCCC)COC(=O)CCN1CCN(C)CC1. The van der Waals surface area contributed by atoms with Crippen LogP contribution in [0.3, 0.4) is 0 Å². The standard InChI is InChI=1S/C70H128N2O8/c1-5-8-11-14-20-29-38-60-53-63(60)41-32-23-17-26-35-44-66(73)77-56-70(59-80-69(76)47-48-72-51-49-71(4)50-52-72,57-78-67(74)45-36-27-18-24-33-42-64-54-61(64)39-30-21-15-12-9-6-2)58-79-68(75)46-37-28-19-25-34-43-65-55-62(65)40-31-22-16-13-10-7-3/h60-65H,5-59H2,1-4H3. The minimum atomic E-state index is -1.22. The van der Waals surface area contributed by atoms with Gasteiger partial charge in [0, 0.05) is 52.0 Å². The van der Waals surface area contributed by atoms with Crippen LogP contribution >= 0.6 is 0 Å². The summed E-state index contributed by atoms with van der Waals surface area (Å²) in [7, 11) is 2.12. The molecular formula is C70H128N2O8. The van der Waals surface area contributed by atoms with Crippen molar-refractivity contribution in [3.05, 3.63) is 0 Å². The number of carbonyl (C=O) groups excluding carboxylic acids is 4. The fraction of sp³-hybridized carbons (Fsp3) is 0.943. The zero-order valence-electron chi connectivity index (χ0n) is 53.0. The van der Waals surface area contributed by atoms with Crippen molar-refractivity contribution in [1.29, 1.82) is 0 Å². The van der Waals surface area contributed by atoms with Crippen molar-refractivity contribution in [1.82, 2.24) is 9.80 Å². The molecule has 4 fully saturated rings. The van der Waals surface area contributed by atoms with E-state index in [0.717, 1.165) is 119 Å². The number of esters is 4. The number of ether oxygens (including phenoxy) is 4. The number of unbranched alkanes of at least 4 members (excludes halogenated alkanes) is 27. The molecule has 6 atom stereocenters. The first-order chi connectivity index (χ1) is 39.1. The van der Waals surface area contributed by atoms with E-state index in [1.807, 2.05) is 0 Å². The summed E-state index contributed by atoms with van der Waals surface area (Å²) in [5.74, 6) is 4.38. The smallest absolute Gasteiger partial charge is 0.307 e. The fourth-order valence-electron chi connectivity index (χ4n) is 13.0. The average molecular weight is 1130 g/mol. The molecule has 1 heterocycles. The van der Waals surface area contributed by atoms with Crippen molar-refractivity contribution < 1.29 is 38.1 Å². The van der Waals surface area contributed by atoms with E-state index in [1.165, 1.54) is 212 Å². The quantitative estimate of drug-likeness (QED) is 0.0332. The lowest BCUT2D eigenvalue weighted by atomic mass is 9.92. The van der Waals surface area contributed by atoms with Crippen LogP contribution in [0.2, 0.25) is 0 Å². The number of likely N-dealkylation sites (N-methyl/N-ethyl adjacent to an activating group) is 1. The largest absolute Gasteiger partial charge is 0.465 e. The highest BCUT2D eigenvalue weighted by atomic mass is 16.6. The third-order valence-corrected chi connectivity index (χ3v) is 19.2. The second-order valence-corrected chi connectivity index (χ2v) is 26.9. The predicted octanol–water partition coefficient (Wildman–Crippen LogP) is 18.1. The van der Waals surface area contributed by atoms with Gasteiger partial charge in [-0.2, -0.15) is 0 Å². The molecule has 3 saturated carbocycles. The Morgan fingerprint density at radius 1 is 0.325 bits per heavy atom. The molecule has 80 heavy (non-hydrogen) atoms. The number of carbonyl (C=O) groups is 4. The van der Waals surface area contributed by atoms with Gasteiger partial charge in [-0.3, -0.25) is 19.2 Å². The van der Waals surface area contributed by atoms with E-state index >= 15 is 0 Å². The lowest BCUT2D eigenvalue weighted by molar-refractivity contribution is -0.170. The Morgan fingerprint density at radius 3 is 0.838 bits per heavy atom. The van der Waals surface area contributed by atoms with Gasteiger partial charge in [0.2, 0.25) is 0 Å². The molecule has 0 aromatic rings. The fourth-order valence-corrected chi connectivity index (χ4v) is 13.0. The third-order valence-electron chi connectivity index (χ3n) is 19.2. The molecule has 0 N–H and O–H groups in total. The molecule has 0 spiro atoms. The van der Waals surface area contributed by atoms with Gasteiger partial charge in [0.05, 0.1) is 6.42 Å². The van der Waals surface area contributed by atoms with E-state index in [2.05, 4.69) is 37.6 Å². The summed E-state index contributed by atoms with van der Waals surface area (Å²) in [6.45, 7) is 10.5. The Balaban J connectivity index is 1.21. The van der Waals surface area contributed by atoms with Crippen molar-refractivity contribution in [2.75, 3.05) is 66.2 Å². The summed E-state index contributed by atoms with van der Waals surface area (Å²) in [4.78, 5) is 58.2. The highest BCUT2D eigenvalue weighted by molar-refractivity contribution is 5.71. The molecule has 0 aromatic carbocycles. The van der Waals surface area contributed by atoms with Gasteiger partial charge < -0.3 is 28.7 Å². The van der Waals surface area contributed by atoms with Crippen LogP contribution in [0.15, 0.2) is 0 Å². The average Bonchev–Trinajstić information content (AvgIpc) is 4.43. The van der Waals surface area contributed by atoms with Crippen molar-refractivity contribution in [2.45, 2.75) is 316 Å². The number of nitrogens with zero attached hydrogens (tertiary/aromatic N) is 2. The summed E-state index contributed by atoms with van der Waals surface area (Å²) in [6, 6.07) is 0. The van der Waals surface area contributed by atoms with Gasteiger partial charge in [-0.25, -0.2) is 0 Å². The summed E-state index contributed by atoms with van der Waals surface area (Å²) in [5, 5.41) is 0. The minimum absolute atomic E-state index is 0.166. The molecule has 0 radical (unpaired) electrons. The van der Waals surface area contributed by atoms with Crippen molar-refractivity contribution in [2.24, 2.45) is 40.9 Å². The first kappa shape index (κ1) is 70.3. The minimum Gasteiger partial charge on any atom is -0.465 e. The Hall–Kier alpha value is -2.20. The van der Waals surface area contributed by atoms with E-state index in [9.17, 15) is 19.2 Å². The zero-order valence-corrected chi connectivity index (χ0v) is 53.0. The second-order valence-electron chi connectivity index (χ2n) is 26.9. The molecule has 0 aromatic heterocycles. The molecule has 466 valence electrons. The predicted molar refractivity (Wildman–Crippen MR) is 331 cm³/mol. The second kappa shape index (κ2) is 45.2. The van der Waals surface area contributed by atoms with E-state index in [4.69, 9.17) is 18.9 Å². The molecule has 6 unspecified atom stereocenters. The molecule has 10 heteroatoms. The lowest BCUT2D eigenvalue weighted by Gasteiger charge is -2.33. The van der Waals surface area contributed by atoms with Gasteiger partial charge in [0.1, 0.15) is 31.8 Å². The van der Waals surface area contributed by atoms with Crippen LogP contribution in [0.25, 0.3) is 0 Å². The Kier molecular flexibility index (Phi) is 39.7. The highest BCUT2D eigenvalue weighted by Crippen LogP contribution is 2.47. The molecule has 1 saturated heterocycles. The number of hydrogen-bond donors (Lipinski definition) is 0. The molecule has 0 amide bonds. The maximum Gasteiger partial charge on any atom is 0.307 e. The van der Waals surface area contributed by atoms with E-state index in [-0.39, 0.29) is 56.7 Å². The van der Waals surface area contributed by atoms with E-state index in [0.29, 0.717) is 25.8 Å². The molecular weight excluding hydrogens is 997 g/mol. The van der Waals surface area contributed by atoms with Crippen LogP contribution in [-0.4, -0.2) is 99.9 Å². The molecule has 10 nitrogen and oxygen atoms in total. The lowest BCUT2D eigenvalue weighted by Crippen LogP contribution is -2.45. The maximum atomic E-state index is 13.4. The number of rotatable bonds is 56. The summed E-state index contributed by atoms with van der Waals surface area (Å²) >= 11 is 0. The number of hydrogen-bond acceptors (Lipinski definition) is 10. The first-order valence-electron chi connectivity index (χ1n) is 35.2. The monoisotopic (exact) mass is 1120 g/mol. The van der Waals surface area contributed by atoms with Gasteiger partial charge in [0.15, 0.2) is 0 Å². The van der Waals surface area contributed by atoms with Crippen LogP contribution in [0.5, 0.6) is 0 Å². The maximum absolute atomic E-state index is 13.4. The van der Waals surface area contributed by atoms with Crippen molar-refractivity contribution in [3.63, 3.8) is 0 Å². The topological polar surface area (TPSA) is 112 Å². The van der Waals surface area contributed by atoms with Gasteiger partial charge in [-0.1, -0.05) is 252 Å². The Morgan fingerprint density at radius 2 is 0.562 bits per heavy atom. The molecule has 4 rings (SSSR count). The normalized spacial score (nSPS) is 21.5. The summed E-state index contributed by atoms with van der Waals surface area (Å²) in [5.41, 5.74) is -1.22. The van der Waals surface area contributed by atoms with Crippen LogP contribution in [0.4, 0.5) is 0 Å². The van der Waals surface area contributed by atoms with Gasteiger partial charge in [0.25, 0.3) is 0 Å². The molecule has 4 aliphatic rings. The summed E-state index contributed by atoms with van der Waals surface area (Å²) < 4.78 is 23.9. The van der Waals surface area contributed by atoms with Gasteiger partial charge in [-0.15, -0.1) is 0 Å². The molecule has 3 aliphatic carbocycles. The van der Waals surface area contributed by atoms with Crippen LogP contribution < -0.4 is 0 Å². The third kappa shape index (κ3) is 35.8. The van der Waals surface area contributed by atoms with Gasteiger partial charge in [-0.05, 0) is 81.1 Å². The van der Waals surface area contributed by atoms with E-state index < -0.39 is 5.41 Å².